The summed E-state index contributed by atoms with van der Waals surface area (Å²) in [7, 11) is 0. The van der Waals surface area contributed by atoms with Crippen molar-refractivity contribution in [3.8, 4) is 0 Å². The van der Waals surface area contributed by atoms with Gasteiger partial charge in [0.15, 0.2) is 0 Å². The third-order valence-corrected chi connectivity index (χ3v) is 7.09. The van der Waals surface area contributed by atoms with Gasteiger partial charge in [-0.25, -0.2) is 4.79 Å². The number of benzene rings is 1. The average molecular weight is 400 g/mol. The number of carbonyl (C=O) groups excluding carboxylic acids is 1. The fraction of sp³-hybridized carbons (Fsp3) is 0.522. The fourth-order valence-corrected chi connectivity index (χ4v) is 5.19. The maximum absolute atomic E-state index is 12.0. The normalized spacial score (nSPS) is 17.4. The van der Waals surface area contributed by atoms with Crippen LogP contribution >= 0.6 is 11.3 Å². The summed E-state index contributed by atoms with van der Waals surface area (Å²) in [5, 5.41) is 3.62. The minimum absolute atomic E-state index is 0.387. The van der Waals surface area contributed by atoms with Crippen LogP contribution in [0.4, 0.5) is 10.5 Å². The SMILES string of the molecule is CC=CCCN(C(N)=O)c1ccc2scc(C3CCN(C(C)CC)CC3)c2c1. The van der Waals surface area contributed by atoms with Gasteiger partial charge in [-0.2, -0.15) is 0 Å². The van der Waals surface area contributed by atoms with Crippen LogP contribution in [0.5, 0.6) is 0 Å². The Morgan fingerprint density at radius 1 is 1.39 bits per heavy atom. The summed E-state index contributed by atoms with van der Waals surface area (Å²) in [6.07, 6.45) is 8.51. The van der Waals surface area contributed by atoms with Crippen LogP contribution in [-0.4, -0.2) is 36.6 Å². The molecule has 2 amide bonds. The largest absolute Gasteiger partial charge is 0.351 e. The van der Waals surface area contributed by atoms with Crippen molar-refractivity contribution in [2.45, 2.75) is 58.4 Å². The van der Waals surface area contributed by atoms with Crippen molar-refractivity contribution in [2.75, 3.05) is 24.5 Å². The van der Waals surface area contributed by atoms with Gasteiger partial charge in [-0.1, -0.05) is 19.1 Å². The number of fused-ring (bicyclic) bond motifs is 1. The molecule has 1 fully saturated rings. The topological polar surface area (TPSA) is 49.6 Å². The Morgan fingerprint density at radius 2 is 2.14 bits per heavy atom. The molecule has 4 nitrogen and oxygen atoms in total. The van der Waals surface area contributed by atoms with Gasteiger partial charge in [0.1, 0.15) is 0 Å². The van der Waals surface area contributed by atoms with Crippen LogP contribution in [0.25, 0.3) is 10.1 Å². The van der Waals surface area contributed by atoms with E-state index in [1.54, 1.807) is 4.90 Å². The van der Waals surface area contributed by atoms with Crippen molar-refractivity contribution in [1.82, 2.24) is 4.90 Å². The van der Waals surface area contributed by atoms with Crippen LogP contribution < -0.4 is 10.6 Å². The van der Waals surface area contributed by atoms with E-state index in [-0.39, 0.29) is 6.03 Å². The van der Waals surface area contributed by atoms with E-state index in [0.717, 1.165) is 12.1 Å². The minimum Gasteiger partial charge on any atom is -0.351 e. The van der Waals surface area contributed by atoms with E-state index in [1.807, 2.05) is 30.4 Å². The summed E-state index contributed by atoms with van der Waals surface area (Å²) in [5.41, 5.74) is 8.02. The molecule has 1 unspecified atom stereocenters. The Kier molecular flexibility index (Phi) is 7.13. The summed E-state index contributed by atoms with van der Waals surface area (Å²) in [5.74, 6) is 0.606. The van der Waals surface area contributed by atoms with Crippen molar-refractivity contribution >= 4 is 33.1 Å². The second kappa shape index (κ2) is 9.57. The summed E-state index contributed by atoms with van der Waals surface area (Å²) in [6.45, 7) is 9.55. The second-order valence-electron chi connectivity index (χ2n) is 7.79. The van der Waals surface area contributed by atoms with Crippen LogP contribution in [0, 0.1) is 0 Å². The molecule has 1 aromatic heterocycles. The Bertz CT molecular complexity index is 820. The van der Waals surface area contributed by atoms with Crippen molar-refractivity contribution in [3.63, 3.8) is 0 Å². The van der Waals surface area contributed by atoms with Crippen molar-refractivity contribution in [3.05, 3.63) is 41.3 Å². The van der Waals surface area contributed by atoms with Crippen LogP contribution in [0.1, 0.15) is 57.9 Å². The molecular weight excluding hydrogens is 366 g/mol. The predicted molar refractivity (Wildman–Crippen MR) is 121 cm³/mol. The minimum atomic E-state index is -0.387. The first-order valence-corrected chi connectivity index (χ1v) is 11.4. The number of thiophene rings is 1. The smallest absolute Gasteiger partial charge is 0.319 e. The molecule has 5 heteroatoms. The fourth-order valence-electron chi connectivity index (χ4n) is 4.17. The van der Waals surface area contributed by atoms with Crippen molar-refractivity contribution in [2.24, 2.45) is 5.73 Å². The van der Waals surface area contributed by atoms with E-state index < -0.39 is 0 Å². The number of nitrogens with two attached hydrogens (primary N) is 1. The van der Waals surface area contributed by atoms with Gasteiger partial charge in [0.2, 0.25) is 0 Å². The molecule has 0 spiro atoms. The lowest BCUT2D eigenvalue weighted by atomic mass is 9.88. The van der Waals surface area contributed by atoms with Gasteiger partial charge in [0.05, 0.1) is 0 Å². The summed E-state index contributed by atoms with van der Waals surface area (Å²) < 4.78 is 1.29. The number of anilines is 1. The molecule has 3 rings (SSSR count). The summed E-state index contributed by atoms with van der Waals surface area (Å²) >= 11 is 1.81. The molecule has 28 heavy (non-hydrogen) atoms. The number of urea groups is 1. The van der Waals surface area contributed by atoms with E-state index in [0.29, 0.717) is 18.5 Å². The maximum Gasteiger partial charge on any atom is 0.319 e. The van der Waals surface area contributed by atoms with Crippen LogP contribution in [0.15, 0.2) is 35.7 Å². The highest BCUT2D eigenvalue weighted by Gasteiger charge is 2.25. The first-order chi connectivity index (χ1) is 13.5. The number of primary amides is 1. The number of rotatable bonds is 7. The standard InChI is InChI=1S/C23H33N3OS/c1-4-6-7-12-26(23(24)27)19-8-9-22-20(15-19)21(16-28-22)18-10-13-25(14-11-18)17(3)5-2/h4,6,8-9,15-18H,5,7,10-14H2,1-3H3,(H2,24,27). The lowest BCUT2D eigenvalue weighted by Gasteiger charge is -2.35. The Labute approximate surface area is 173 Å². The number of hydrogen-bond donors (Lipinski definition) is 1. The molecular formula is C23H33N3OS. The number of nitrogens with zero attached hydrogens (tertiary/aromatic N) is 2. The van der Waals surface area contributed by atoms with Crippen LogP contribution in [-0.2, 0) is 0 Å². The molecule has 1 saturated heterocycles. The van der Waals surface area contributed by atoms with Crippen LogP contribution in [0.3, 0.4) is 0 Å². The quantitative estimate of drug-likeness (QED) is 0.604. The molecule has 0 saturated carbocycles. The zero-order valence-electron chi connectivity index (χ0n) is 17.4. The van der Waals surface area contributed by atoms with Crippen molar-refractivity contribution < 1.29 is 4.79 Å². The molecule has 2 heterocycles. The molecule has 1 aliphatic heterocycles. The van der Waals surface area contributed by atoms with E-state index in [2.05, 4.69) is 42.3 Å². The summed E-state index contributed by atoms with van der Waals surface area (Å²) in [6, 6.07) is 6.62. The van der Waals surface area contributed by atoms with Crippen LogP contribution in [0.2, 0.25) is 0 Å². The number of piperidine rings is 1. The van der Waals surface area contributed by atoms with E-state index in [1.165, 1.54) is 48.0 Å². The maximum atomic E-state index is 12.0. The number of amides is 2. The first-order valence-electron chi connectivity index (χ1n) is 10.5. The monoisotopic (exact) mass is 399 g/mol. The molecule has 0 aliphatic carbocycles. The highest BCUT2D eigenvalue weighted by Crippen LogP contribution is 2.38. The molecule has 0 bridgehead atoms. The summed E-state index contributed by atoms with van der Waals surface area (Å²) in [4.78, 5) is 16.3. The second-order valence-corrected chi connectivity index (χ2v) is 8.70. The number of allylic oxidation sites excluding steroid dienone is 1. The highest BCUT2D eigenvalue weighted by molar-refractivity contribution is 7.17. The molecule has 1 atom stereocenters. The lowest BCUT2D eigenvalue weighted by molar-refractivity contribution is 0.159. The molecule has 2 N–H and O–H groups in total. The molecule has 2 aromatic rings. The molecule has 152 valence electrons. The first kappa shape index (κ1) is 20.9. The van der Waals surface area contributed by atoms with Gasteiger partial charge < -0.3 is 10.6 Å². The Morgan fingerprint density at radius 3 is 2.79 bits per heavy atom. The Balaban J connectivity index is 1.81. The van der Waals surface area contributed by atoms with E-state index in [9.17, 15) is 4.79 Å². The van der Waals surface area contributed by atoms with Gasteiger partial charge in [-0.05, 0) is 93.1 Å². The third kappa shape index (κ3) is 4.58. The van der Waals surface area contributed by atoms with E-state index in [4.69, 9.17) is 5.73 Å². The zero-order chi connectivity index (χ0) is 20.1. The number of hydrogen-bond acceptors (Lipinski definition) is 3. The van der Waals surface area contributed by atoms with Gasteiger partial charge in [-0.3, -0.25) is 4.90 Å². The van der Waals surface area contributed by atoms with E-state index >= 15 is 0 Å². The number of likely N-dealkylation sites (tertiary alicyclic amines) is 1. The third-order valence-electron chi connectivity index (χ3n) is 6.10. The van der Waals surface area contributed by atoms with Gasteiger partial charge in [0, 0.05) is 23.0 Å². The van der Waals surface area contributed by atoms with Gasteiger partial charge >= 0.3 is 6.03 Å². The highest BCUT2D eigenvalue weighted by atomic mass is 32.1. The van der Waals surface area contributed by atoms with Gasteiger partial charge in [0.25, 0.3) is 0 Å². The lowest BCUT2D eigenvalue weighted by Crippen LogP contribution is -2.39. The zero-order valence-corrected chi connectivity index (χ0v) is 18.2. The Hall–Kier alpha value is -1.85. The number of carbonyl (C=O) groups is 1. The average Bonchev–Trinajstić information content (AvgIpc) is 3.13. The molecule has 0 radical (unpaired) electrons. The molecule has 1 aromatic carbocycles. The van der Waals surface area contributed by atoms with Gasteiger partial charge in [-0.15, -0.1) is 11.3 Å². The molecule has 1 aliphatic rings. The predicted octanol–water partition coefficient (Wildman–Crippen LogP) is 5.73. The van der Waals surface area contributed by atoms with Crippen molar-refractivity contribution in [1.29, 1.82) is 0 Å².